The van der Waals surface area contributed by atoms with Crippen LogP contribution in [0.5, 0.6) is 0 Å². The Labute approximate surface area is 106 Å². The van der Waals surface area contributed by atoms with Crippen molar-refractivity contribution in [3.8, 4) is 0 Å². The van der Waals surface area contributed by atoms with Crippen molar-refractivity contribution in [2.45, 2.75) is 25.9 Å². The second-order valence-electron chi connectivity index (χ2n) is 4.42. The summed E-state index contributed by atoms with van der Waals surface area (Å²) in [5.41, 5.74) is 6.49. The van der Waals surface area contributed by atoms with E-state index < -0.39 is 0 Å². The SMILES string of the molecule is CC(Cc1ccco1)NCc1ccc(N)c(F)c1. The average Bonchev–Trinajstić information content (AvgIpc) is 2.83. The molecule has 0 aliphatic heterocycles. The zero-order valence-corrected chi connectivity index (χ0v) is 10.3. The summed E-state index contributed by atoms with van der Waals surface area (Å²) in [5.74, 6) is 0.575. The van der Waals surface area contributed by atoms with Crippen molar-refractivity contribution in [1.82, 2.24) is 5.32 Å². The number of hydrogen-bond donors (Lipinski definition) is 2. The summed E-state index contributed by atoms with van der Waals surface area (Å²) in [4.78, 5) is 0. The minimum atomic E-state index is -0.368. The molecule has 1 heterocycles. The van der Waals surface area contributed by atoms with Crippen molar-refractivity contribution in [3.63, 3.8) is 0 Å². The number of hydrogen-bond acceptors (Lipinski definition) is 3. The van der Waals surface area contributed by atoms with E-state index in [0.717, 1.165) is 17.7 Å². The van der Waals surface area contributed by atoms with Gasteiger partial charge in [0.25, 0.3) is 0 Å². The van der Waals surface area contributed by atoms with Crippen molar-refractivity contribution < 1.29 is 8.81 Å². The highest BCUT2D eigenvalue weighted by atomic mass is 19.1. The van der Waals surface area contributed by atoms with Crippen LogP contribution in [0.3, 0.4) is 0 Å². The van der Waals surface area contributed by atoms with Gasteiger partial charge in [-0.3, -0.25) is 0 Å². The summed E-state index contributed by atoms with van der Waals surface area (Å²) in [7, 11) is 0. The van der Waals surface area contributed by atoms with E-state index in [4.69, 9.17) is 10.2 Å². The van der Waals surface area contributed by atoms with Gasteiger partial charge >= 0.3 is 0 Å². The quantitative estimate of drug-likeness (QED) is 0.800. The maximum absolute atomic E-state index is 13.2. The molecular formula is C14H17FN2O. The maximum Gasteiger partial charge on any atom is 0.146 e. The molecule has 0 aliphatic rings. The van der Waals surface area contributed by atoms with E-state index in [0.29, 0.717) is 6.54 Å². The third-order valence-electron chi connectivity index (χ3n) is 2.81. The highest BCUT2D eigenvalue weighted by Gasteiger charge is 2.06. The number of anilines is 1. The Morgan fingerprint density at radius 3 is 2.89 bits per heavy atom. The lowest BCUT2D eigenvalue weighted by atomic mass is 10.1. The van der Waals surface area contributed by atoms with Crippen LogP contribution in [-0.2, 0) is 13.0 Å². The Balaban J connectivity index is 1.85. The summed E-state index contributed by atoms with van der Waals surface area (Å²) in [6.07, 6.45) is 2.47. The normalized spacial score (nSPS) is 12.6. The Morgan fingerprint density at radius 2 is 2.22 bits per heavy atom. The number of furan rings is 1. The molecule has 0 fully saturated rings. The van der Waals surface area contributed by atoms with Crippen LogP contribution >= 0.6 is 0 Å². The molecule has 4 heteroatoms. The van der Waals surface area contributed by atoms with Crippen molar-refractivity contribution in [1.29, 1.82) is 0 Å². The predicted molar refractivity (Wildman–Crippen MR) is 69.5 cm³/mol. The van der Waals surface area contributed by atoms with Gasteiger partial charge < -0.3 is 15.5 Å². The molecule has 1 atom stereocenters. The summed E-state index contributed by atoms with van der Waals surface area (Å²) in [6, 6.07) is 8.95. The molecule has 96 valence electrons. The van der Waals surface area contributed by atoms with E-state index >= 15 is 0 Å². The van der Waals surface area contributed by atoms with Gasteiger partial charge in [-0.2, -0.15) is 0 Å². The Kier molecular flexibility index (Phi) is 3.99. The van der Waals surface area contributed by atoms with Crippen LogP contribution in [-0.4, -0.2) is 6.04 Å². The molecule has 1 unspecified atom stereocenters. The fourth-order valence-corrected chi connectivity index (χ4v) is 1.78. The highest BCUT2D eigenvalue weighted by molar-refractivity contribution is 5.41. The third-order valence-corrected chi connectivity index (χ3v) is 2.81. The van der Waals surface area contributed by atoms with E-state index in [1.807, 2.05) is 18.2 Å². The molecule has 0 spiro atoms. The van der Waals surface area contributed by atoms with E-state index in [1.54, 1.807) is 12.3 Å². The van der Waals surface area contributed by atoms with Gasteiger partial charge in [-0.15, -0.1) is 0 Å². The van der Waals surface area contributed by atoms with Gasteiger partial charge in [0.1, 0.15) is 11.6 Å². The fraction of sp³-hybridized carbons (Fsp3) is 0.286. The van der Waals surface area contributed by atoms with Crippen molar-refractivity contribution in [2.24, 2.45) is 0 Å². The first-order valence-corrected chi connectivity index (χ1v) is 5.95. The molecule has 3 N–H and O–H groups in total. The van der Waals surface area contributed by atoms with E-state index in [1.165, 1.54) is 6.07 Å². The minimum absolute atomic E-state index is 0.183. The number of halogens is 1. The minimum Gasteiger partial charge on any atom is -0.469 e. The second-order valence-corrected chi connectivity index (χ2v) is 4.42. The smallest absolute Gasteiger partial charge is 0.146 e. The van der Waals surface area contributed by atoms with Crippen LogP contribution in [0, 0.1) is 5.82 Å². The van der Waals surface area contributed by atoms with Crippen LogP contribution in [0.15, 0.2) is 41.0 Å². The molecule has 1 aromatic carbocycles. The summed E-state index contributed by atoms with van der Waals surface area (Å²) >= 11 is 0. The van der Waals surface area contributed by atoms with Crippen molar-refractivity contribution in [3.05, 3.63) is 53.7 Å². The van der Waals surface area contributed by atoms with Gasteiger partial charge in [0.2, 0.25) is 0 Å². The molecule has 3 nitrogen and oxygen atoms in total. The third kappa shape index (κ3) is 3.34. The fourth-order valence-electron chi connectivity index (χ4n) is 1.78. The molecule has 0 radical (unpaired) electrons. The van der Waals surface area contributed by atoms with E-state index in [2.05, 4.69) is 12.2 Å². The van der Waals surface area contributed by atoms with Gasteiger partial charge in [-0.05, 0) is 36.8 Å². The molecule has 2 rings (SSSR count). The molecule has 0 amide bonds. The lowest BCUT2D eigenvalue weighted by molar-refractivity contribution is 0.456. The van der Waals surface area contributed by atoms with Crippen molar-refractivity contribution in [2.75, 3.05) is 5.73 Å². The van der Waals surface area contributed by atoms with Gasteiger partial charge in [0, 0.05) is 19.0 Å². The Morgan fingerprint density at radius 1 is 1.39 bits per heavy atom. The zero-order valence-electron chi connectivity index (χ0n) is 10.3. The molecule has 18 heavy (non-hydrogen) atoms. The molecule has 0 saturated heterocycles. The van der Waals surface area contributed by atoms with Gasteiger partial charge in [0.05, 0.1) is 12.0 Å². The number of rotatable bonds is 5. The summed E-state index contributed by atoms with van der Waals surface area (Å²) in [5, 5.41) is 3.32. The number of benzene rings is 1. The van der Waals surface area contributed by atoms with E-state index in [9.17, 15) is 4.39 Å². The average molecular weight is 248 g/mol. The first-order valence-electron chi connectivity index (χ1n) is 5.95. The van der Waals surface area contributed by atoms with Crippen LogP contribution < -0.4 is 11.1 Å². The highest BCUT2D eigenvalue weighted by Crippen LogP contribution is 2.12. The lowest BCUT2D eigenvalue weighted by Gasteiger charge is -2.12. The van der Waals surface area contributed by atoms with Crippen LogP contribution in [0.25, 0.3) is 0 Å². The summed E-state index contributed by atoms with van der Waals surface area (Å²) < 4.78 is 18.5. The second kappa shape index (κ2) is 5.69. The molecular weight excluding hydrogens is 231 g/mol. The van der Waals surface area contributed by atoms with Gasteiger partial charge in [0.15, 0.2) is 0 Å². The number of nitrogen functional groups attached to an aromatic ring is 1. The van der Waals surface area contributed by atoms with Gasteiger partial charge in [-0.1, -0.05) is 6.07 Å². The van der Waals surface area contributed by atoms with Gasteiger partial charge in [-0.25, -0.2) is 4.39 Å². The van der Waals surface area contributed by atoms with Crippen LogP contribution in [0.1, 0.15) is 18.2 Å². The first kappa shape index (κ1) is 12.6. The van der Waals surface area contributed by atoms with E-state index in [-0.39, 0.29) is 17.5 Å². The number of nitrogens with two attached hydrogens (primary N) is 1. The monoisotopic (exact) mass is 248 g/mol. The molecule has 2 aromatic rings. The molecule has 0 bridgehead atoms. The molecule has 1 aromatic heterocycles. The van der Waals surface area contributed by atoms with Crippen molar-refractivity contribution >= 4 is 5.69 Å². The summed E-state index contributed by atoms with van der Waals surface area (Å²) in [6.45, 7) is 2.68. The lowest BCUT2D eigenvalue weighted by Crippen LogP contribution is -2.27. The molecule has 0 aliphatic carbocycles. The Hall–Kier alpha value is -1.81. The van der Waals surface area contributed by atoms with Crippen LogP contribution in [0.4, 0.5) is 10.1 Å². The topological polar surface area (TPSA) is 51.2 Å². The molecule has 0 saturated carbocycles. The standard InChI is InChI=1S/C14H17FN2O/c1-10(7-12-3-2-6-18-12)17-9-11-4-5-14(16)13(15)8-11/h2-6,8,10,17H,7,9,16H2,1H3. The first-order chi connectivity index (χ1) is 8.65. The largest absolute Gasteiger partial charge is 0.469 e. The predicted octanol–water partition coefficient (Wildman–Crippen LogP) is 2.72. The Bertz CT molecular complexity index is 497. The maximum atomic E-state index is 13.2. The zero-order chi connectivity index (χ0) is 13.0. The number of nitrogens with one attached hydrogen (secondary N) is 1. The van der Waals surface area contributed by atoms with Crippen LogP contribution in [0.2, 0.25) is 0 Å².